The van der Waals surface area contributed by atoms with Crippen molar-refractivity contribution in [3.8, 4) is 5.75 Å². The number of hydrogen-bond donors (Lipinski definition) is 2. The van der Waals surface area contributed by atoms with Crippen LogP contribution in [0.5, 0.6) is 5.75 Å². The fourth-order valence-electron chi connectivity index (χ4n) is 4.20. The SMILES string of the molecule is CC(C)COc1ccc(CNC(=O)N(Cc2ccc(F)cc2)[C@@H]2CCN(CCC(N)=O)CC2(F)F)cc1. The van der Waals surface area contributed by atoms with Gasteiger partial charge in [-0.15, -0.1) is 0 Å². The molecule has 3 amide bonds. The molecule has 1 fully saturated rings. The zero-order chi connectivity index (χ0) is 27.0. The Balaban J connectivity index is 1.70. The van der Waals surface area contributed by atoms with Gasteiger partial charge in [0.1, 0.15) is 11.6 Å². The molecular weight excluding hydrogens is 485 g/mol. The molecule has 0 spiro atoms. The Kier molecular flexibility index (Phi) is 9.79. The van der Waals surface area contributed by atoms with Gasteiger partial charge in [-0.2, -0.15) is 0 Å². The standard InChI is InChI=1S/C27H35F3N4O3/c1-19(2)17-37-23-9-5-20(6-10-23)15-32-26(36)34(16-21-3-7-22(28)8-4-21)24-11-13-33(14-12-25(31)35)18-27(24,29)30/h3-10,19,24H,11-18H2,1-2H3,(H2,31,35)(H,32,36)/t24-/m1/s1. The quantitative estimate of drug-likeness (QED) is 0.466. The van der Waals surface area contributed by atoms with Gasteiger partial charge in [0.15, 0.2) is 0 Å². The molecule has 2 aromatic carbocycles. The number of alkyl halides is 2. The zero-order valence-electron chi connectivity index (χ0n) is 21.3. The van der Waals surface area contributed by atoms with Crippen LogP contribution in [0.3, 0.4) is 0 Å². The molecular formula is C27H35F3N4O3. The highest BCUT2D eigenvalue weighted by Gasteiger charge is 2.48. The summed E-state index contributed by atoms with van der Waals surface area (Å²) in [7, 11) is 0. The maximum atomic E-state index is 15.3. The first-order valence-electron chi connectivity index (χ1n) is 12.4. The lowest BCUT2D eigenvalue weighted by atomic mass is 9.98. The molecule has 1 aliphatic rings. The number of ether oxygens (including phenoxy) is 1. The van der Waals surface area contributed by atoms with Gasteiger partial charge >= 0.3 is 6.03 Å². The molecule has 0 bridgehead atoms. The minimum atomic E-state index is -3.22. The second-order valence-electron chi connectivity index (χ2n) is 9.82. The topological polar surface area (TPSA) is 87.9 Å². The first-order chi connectivity index (χ1) is 17.5. The van der Waals surface area contributed by atoms with Crippen LogP contribution in [0.1, 0.15) is 37.8 Å². The molecule has 7 nitrogen and oxygen atoms in total. The Labute approximate surface area is 215 Å². The lowest BCUT2D eigenvalue weighted by Gasteiger charge is -2.43. The van der Waals surface area contributed by atoms with Crippen molar-refractivity contribution in [2.75, 3.05) is 26.2 Å². The molecule has 1 heterocycles. The third-order valence-electron chi connectivity index (χ3n) is 6.17. The number of primary amides is 1. The Morgan fingerprint density at radius 3 is 2.38 bits per heavy atom. The van der Waals surface area contributed by atoms with Gasteiger partial charge in [-0.25, -0.2) is 18.0 Å². The number of likely N-dealkylation sites (tertiary alicyclic amines) is 1. The van der Waals surface area contributed by atoms with E-state index in [4.69, 9.17) is 10.5 Å². The molecule has 0 aromatic heterocycles. The monoisotopic (exact) mass is 520 g/mol. The average molecular weight is 521 g/mol. The molecule has 1 saturated heterocycles. The Morgan fingerprint density at radius 2 is 1.78 bits per heavy atom. The van der Waals surface area contributed by atoms with E-state index in [1.165, 1.54) is 29.2 Å². The molecule has 2 aromatic rings. The number of hydrogen-bond acceptors (Lipinski definition) is 4. The minimum absolute atomic E-state index is 0.0121. The number of carbonyl (C=O) groups is 2. The van der Waals surface area contributed by atoms with Crippen LogP contribution >= 0.6 is 0 Å². The number of nitrogens with zero attached hydrogens (tertiary/aromatic N) is 2. The number of nitrogens with two attached hydrogens (primary N) is 1. The van der Waals surface area contributed by atoms with Gasteiger partial charge < -0.3 is 20.7 Å². The van der Waals surface area contributed by atoms with Crippen molar-refractivity contribution in [3.63, 3.8) is 0 Å². The van der Waals surface area contributed by atoms with Crippen LogP contribution < -0.4 is 15.8 Å². The molecule has 1 atom stereocenters. The van der Waals surface area contributed by atoms with E-state index < -0.39 is 36.3 Å². The lowest BCUT2D eigenvalue weighted by molar-refractivity contribution is -0.125. The second-order valence-corrected chi connectivity index (χ2v) is 9.82. The highest BCUT2D eigenvalue weighted by atomic mass is 19.3. The molecule has 0 radical (unpaired) electrons. The van der Waals surface area contributed by atoms with Crippen molar-refractivity contribution in [1.82, 2.24) is 15.1 Å². The first kappa shape index (κ1) is 28.3. The van der Waals surface area contributed by atoms with E-state index in [1.54, 1.807) is 12.1 Å². The number of rotatable bonds is 11. The third-order valence-corrected chi connectivity index (χ3v) is 6.17. The second kappa shape index (κ2) is 12.8. The number of halogens is 3. The van der Waals surface area contributed by atoms with Crippen LogP contribution in [-0.2, 0) is 17.9 Å². The highest BCUT2D eigenvalue weighted by Crippen LogP contribution is 2.32. The normalized spacial score (nSPS) is 17.4. The molecule has 3 rings (SSSR count). The largest absolute Gasteiger partial charge is 0.493 e. The van der Waals surface area contributed by atoms with Crippen molar-refractivity contribution in [2.24, 2.45) is 11.7 Å². The van der Waals surface area contributed by atoms with Gasteiger partial charge in [-0.3, -0.25) is 9.69 Å². The molecule has 202 valence electrons. The fraction of sp³-hybridized carbons (Fsp3) is 0.481. The summed E-state index contributed by atoms with van der Waals surface area (Å²) in [5.41, 5.74) is 6.49. The number of carbonyl (C=O) groups excluding carboxylic acids is 2. The first-order valence-corrected chi connectivity index (χ1v) is 12.4. The summed E-state index contributed by atoms with van der Waals surface area (Å²) in [6, 6.07) is 10.6. The Morgan fingerprint density at radius 1 is 1.14 bits per heavy atom. The van der Waals surface area contributed by atoms with Gasteiger partial charge in [0.05, 0.1) is 19.2 Å². The molecule has 1 aliphatic heterocycles. The van der Waals surface area contributed by atoms with E-state index in [0.717, 1.165) is 10.5 Å². The molecule has 10 heteroatoms. The number of piperidine rings is 1. The van der Waals surface area contributed by atoms with Crippen molar-refractivity contribution >= 4 is 11.9 Å². The van der Waals surface area contributed by atoms with Gasteiger partial charge in [0, 0.05) is 32.6 Å². The van der Waals surface area contributed by atoms with Gasteiger partial charge in [-0.1, -0.05) is 38.1 Å². The Hall–Kier alpha value is -3.27. The molecule has 0 saturated carbocycles. The van der Waals surface area contributed by atoms with E-state index in [2.05, 4.69) is 19.2 Å². The van der Waals surface area contributed by atoms with Crippen LogP contribution in [-0.4, -0.2) is 59.9 Å². The summed E-state index contributed by atoms with van der Waals surface area (Å²) in [5, 5.41) is 2.75. The smallest absolute Gasteiger partial charge is 0.318 e. The van der Waals surface area contributed by atoms with Crippen LogP contribution in [0, 0.1) is 11.7 Å². The molecule has 3 N–H and O–H groups in total. The van der Waals surface area contributed by atoms with Gasteiger partial charge in [0.25, 0.3) is 5.92 Å². The molecule has 37 heavy (non-hydrogen) atoms. The lowest BCUT2D eigenvalue weighted by Crippen LogP contribution is -2.61. The van der Waals surface area contributed by atoms with Crippen LogP contribution in [0.25, 0.3) is 0 Å². The van der Waals surface area contributed by atoms with Crippen molar-refractivity contribution < 1.29 is 27.5 Å². The fourth-order valence-corrected chi connectivity index (χ4v) is 4.20. The summed E-state index contributed by atoms with van der Waals surface area (Å²) in [4.78, 5) is 26.9. The van der Waals surface area contributed by atoms with E-state index in [1.807, 2.05) is 12.1 Å². The summed E-state index contributed by atoms with van der Waals surface area (Å²) in [6.07, 6.45) is 0.00406. The van der Waals surface area contributed by atoms with Crippen LogP contribution in [0.15, 0.2) is 48.5 Å². The van der Waals surface area contributed by atoms with E-state index in [9.17, 15) is 14.0 Å². The summed E-state index contributed by atoms with van der Waals surface area (Å²) >= 11 is 0. The predicted octanol–water partition coefficient (Wildman–Crippen LogP) is 4.16. The molecule has 0 unspecified atom stereocenters. The van der Waals surface area contributed by atoms with Crippen LogP contribution in [0.4, 0.5) is 18.0 Å². The van der Waals surface area contributed by atoms with Gasteiger partial charge in [-0.05, 0) is 47.7 Å². The summed E-state index contributed by atoms with van der Waals surface area (Å²) in [5.74, 6) is -3.12. The maximum Gasteiger partial charge on any atom is 0.318 e. The van der Waals surface area contributed by atoms with Crippen molar-refractivity contribution in [2.45, 2.75) is 51.7 Å². The molecule has 0 aliphatic carbocycles. The van der Waals surface area contributed by atoms with E-state index >= 15 is 8.78 Å². The van der Waals surface area contributed by atoms with Crippen molar-refractivity contribution in [3.05, 3.63) is 65.5 Å². The number of amides is 3. The van der Waals surface area contributed by atoms with E-state index in [-0.39, 0.29) is 32.5 Å². The number of benzene rings is 2. The number of nitrogens with one attached hydrogen (secondary N) is 1. The predicted molar refractivity (Wildman–Crippen MR) is 135 cm³/mol. The van der Waals surface area contributed by atoms with E-state index in [0.29, 0.717) is 30.4 Å². The third kappa shape index (κ3) is 8.66. The van der Waals surface area contributed by atoms with Gasteiger partial charge in [0.2, 0.25) is 5.91 Å². The highest BCUT2D eigenvalue weighted by molar-refractivity contribution is 5.75. The van der Waals surface area contributed by atoms with Crippen molar-refractivity contribution in [1.29, 1.82) is 0 Å². The zero-order valence-corrected chi connectivity index (χ0v) is 21.3. The maximum absolute atomic E-state index is 15.3. The number of urea groups is 1. The average Bonchev–Trinajstić information content (AvgIpc) is 2.85. The van der Waals surface area contributed by atoms with Crippen LogP contribution in [0.2, 0.25) is 0 Å². The Bertz CT molecular complexity index is 1030. The summed E-state index contributed by atoms with van der Waals surface area (Å²) in [6.45, 7) is 4.57. The minimum Gasteiger partial charge on any atom is -0.493 e. The summed E-state index contributed by atoms with van der Waals surface area (Å²) < 4.78 is 49.7.